The van der Waals surface area contributed by atoms with Gasteiger partial charge in [0.1, 0.15) is 0 Å². The second-order valence-corrected chi connectivity index (χ2v) is 5.88. The first-order chi connectivity index (χ1) is 9.58. The number of nitrogens with two attached hydrogens (primary N) is 1. The summed E-state index contributed by atoms with van der Waals surface area (Å²) in [6, 6.07) is 10.3. The molecule has 0 aliphatic carbocycles. The van der Waals surface area contributed by atoms with E-state index in [1.807, 2.05) is 19.9 Å². The van der Waals surface area contributed by atoms with E-state index in [-0.39, 0.29) is 30.3 Å². The molecule has 1 heterocycles. The standard InChI is InChI=1S/C16H25N3O.ClH/c1-12(2)15(17)16(20)18-13-8-10-19(11-9-13)14-6-4-3-5-7-14;/h3-7,12-13,15H,8-11,17H2,1-2H3,(H,18,20);1H/t15-;/m0./s1. The van der Waals surface area contributed by atoms with Gasteiger partial charge in [-0.05, 0) is 30.9 Å². The lowest BCUT2D eigenvalue weighted by atomic mass is 10.0. The third kappa shape index (κ3) is 4.90. The summed E-state index contributed by atoms with van der Waals surface area (Å²) in [6.45, 7) is 5.91. The van der Waals surface area contributed by atoms with Gasteiger partial charge in [0.25, 0.3) is 0 Å². The number of anilines is 1. The number of halogens is 1. The zero-order chi connectivity index (χ0) is 14.5. The van der Waals surface area contributed by atoms with Gasteiger partial charge in [0.2, 0.25) is 5.91 Å². The topological polar surface area (TPSA) is 58.4 Å². The van der Waals surface area contributed by atoms with Gasteiger partial charge in [-0.15, -0.1) is 12.4 Å². The molecule has 2 rings (SSSR count). The second-order valence-electron chi connectivity index (χ2n) is 5.88. The fourth-order valence-corrected chi connectivity index (χ4v) is 2.52. The Morgan fingerprint density at radius 3 is 2.33 bits per heavy atom. The number of piperidine rings is 1. The van der Waals surface area contributed by atoms with Crippen LogP contribution in [0.15, 0.2) is 30.3 Å². The Hall–Kier alpha value is -1.26. The molecule has 1 aromatic rings. The Morgan fingerprint density at radius 1 is 1.24 bits per heavy atom. The van der Waals surface area contributed by atoms with Crippen LogP contribution >= 0.6 is 12.4 Å². The lowest BCUT2D eigenvalue weighted by Crippen LogP contribution is -2.51. The number of rotatable bonds is 4. The van der Waals surface area contributed by atoms with Crippen LogP contribution in [0.5, 0.6) is 0 Å². The number of nitrogens with zero attached hydrogens (tertiary/aromatic N) is 1. The molecular weight excluding hydrogens is 286 g/mol. The van der Waals surface area contributed by atoms with Crippen molar-refractivity contribution in [3.63, 3.8) is 0 Å². The SMILES string of the molecule is CC(C)[C@H](N)C(=O)NC1CCN(c2ccccc2)CC1.Cl. The molecule has 1 aliphatic heterocycles. The molecule has 0 bridgehead atoms. The highest BCUT2D eigenvalue weighted by Gasteiger charge is 2.24. The highest BCUT2D eigenvalue weighted by atomic mass is 35.5. The minimum atomic E-state index is -0.401. The Bertz CT molecular complexity index is 430. The number of benzene rings is 1. The van der Waals surface area contributed by atoms with Crippen molar-refractivity contribution in [3.8, 4) is 0 Å². The average Bonchev–Trinajstić information content (AvgIpc) is 2.48. The largest absolute Gasteiger partial charge is 0.371 e. The molecular formula is C16H26ClN3O. The smallest absolute Gasteiger partial charge is 0.237 e. The molecule has 0 unspecified atom stereocenters. The fraction of sp³-hybridized carbons (Fsp3) is 0.562. The second kappa shape index (κ2) is 8.25. The maximum atomic E-state index is 12.0. The van der Waals surface area contributed by atoms with Crippen LogP contribution in [0.25, 0.3) is 0 Å². The monoisotopic (exact) mass is 311 g/mol. The summed E-state index contributed by atoms with van der Waals surface area (Å²) in [5.74, 6) is 0.164. The van der Waals surface area contributed by atoms with Gasteiger partial charge in [-0.25, -0.2) is 0 Å². The Labute approximate surface area is 133 Å². The van der Waals surface area contributed by atoms with Crippen LogP contribution in [0.3, 0.4) is 0 Å². The predicted molar refractivity (Wildman–Crippen MR) is 89.9 cm³/mol. The Kier molecular flexibility index (Phi) is 6.99. The van der Waals surface area contributed by atoms with E-state index in [9.17, 15) is 4.79 Å². The normalized spacial score (nSPS) is 17.2. The van der Waals surface area contributed by atoms with Crippen LogP contribution in [0.2, 0.25) is 0 Å². The Morgan fingerprint density at radius 2 is 1.81 bits per heavy atom. The molecule has 1 atom stereocenters. The summed E-state index contributed by atoms with van der Waals surface area (Å²) >= 11 is 0. The quantitative estimate of drug-likeness (QED) is 0.896. The van der Waals surface area contributed by atoms with Gasteiger partial charge in [0, 0.05) is 24.8 Å². The van der Waals surface area contributed by atoms with Crippen molar-refractivity contribution in [1.29, 1.82) is 0 Å². The first-order valence-corrected chi connectivity index (χ1v) is 7.44. The summed E-state index contributed by atoms with van der Waals surface area (Å²) in [5.41, 5.74) is 7.13. The van der Waals surface area contributed by atoms with Gasteiger partial charge in [0.05, 0.1) is 6.04 Å². The van der Waals surface area contributed by atoms with Gasteiger partial charge < -0.3 is 16.0 Å². The summed E-state index contributed by atoms with van der Waals surface area (Å²) in [7, 11) is 0. The highest BCUT2D eigenvalue weighted by Crippen LogP contribution is 2.19. The molecule has 0 spiro atoms. The van der Waals surface area contributed by atoms with Crippen molar-refractivity contribution < 1.29 is 4.79 Å². The van der Waals surface area contributed by atoms with Crippen LogP contribution < -0.4 is 16.0 Å². The average molecular weight is 312 g/mol. The van der Waals surface area contributed by atoms with Crippen molar-refractivity contribution in [2.75, 3.05) is 18.0 Å². The molecule has 1 aliphatic rings. The van der Waals surface area contributed by atoms with Crippen molar-refractivity contribution in [2.45, 2.75) is 38.8 Å². The zero-order valence-electron chi connectivity index (χ0n) is 12.8. The highest BCUT2D eigenvalue weighted by molar-refractivity contribution is 5.85. The predicted octanol–water partition coefficient (Wildman–Crippen LogP) is 2.18. The molecule has 1 fully saturated rings. The van der Waals surface area contributed by atoms with Crippen LogP contribution in [0.4, 0.5) is 5.69 Å². The first kappa shape index (κ1) is 17.8. The first-order valence-electron chi connectivity index (χ1n) is 7.44. The molecule has 0 radical (unpaired) electrons. The number of nitrogens with one attached hydrogen (secondary N) is 1. The van der Waals surface area contributed by atoms with E-state index in [4.69, 9.17) is 5.73 Å². The van der Waals surface area contributed by atoms with Crippen LogP contribution in [-0.2, 0) is 4.79 Å². The maximum absolute atomic E-state index is 12.0. The summed E-state index contributed by atoms with van der Waals surface area (Å²) < 4.78 is 0. The third-order valence-corrected chi connectivity index (χ3v) is 3.98. The molecule has 0 saturated carbocycles. The molecule has 5 heteroatoms. The Balaban J connectivity index is 0.00000220. The van der Waals surface area contributed by atoms with Crippen LogP contribution in [0.1, 0.15) is 26.7 Å². The van der Waals surface area contributed by atoms with Gasteiger partial charge in [-0.1, -0.05) is 32.0 Å². The molecule has 1 aromatic carbocycles. The summed E-state index contributed by atoms with van der Waals surface area (Å²) in [6.07, 6.45) is 1.96. The van der Waals surface area contributed by atoms with E-state index < -0.39 is 6.04 Å². The van der Waals surface area contributed by atoms with Gasteiger partial charge in [-0.2, -0.15) is 0 Å². The summed E-state index contributed by atoms with van der Waals surface area (Å²) in [4.78, 5) is 14.3. The lowest BCUT2D eigenvalue weighted by Gasteiger charge is -2.34. The molecule has 21 heavy (non-hydrogen) atoms. The van der Waals surface area contributed by atoms with E-state index in [0.717, 1.165) is 25.9 Å². The van der Waals surface area contributed by atoms with Crippen molar-refractivity contribution in [2.24, 2.45) is 11.7 Å². The minimum absolute atomic E-state index is 0. The summed E-state index contributed by atoms with van der Waals surface area (Å²) in [5, 5.41) is 3.08. The molecule has 1 amide bonds. The van der Waals surface area contributed by atoms with Crippen molar-refractivity contribution >= 4 is 24.0 Å². The lowest BCUT2D eigenvalue weighted by molar-refractivity contribution is -0.124. The number of para-hydroxylation sites is 1. The molecule has 1 saturated heterocycles. The number of carbonyl (C=O) groups excluding carboxylic acids is 1. The van der Waals surface area contributed by atoms with Crippen LogP contribution in [-0.4, -0.2) is 31.1 Å². The van der Waals surface area contributed by atoms with E-state index in [0.29, 0.717) is 0 Å². The number of carbonyl (C=O) groups is 1. The van der Waals surface area contributed by atoms with Gasteiger partial charge in [-0.3, -0.25) is 4.79 Å². The van der Waals surface area contributed by atoms with E-state index >= 15 is 0 Å². The molecule has 0 aromatic heterocycles. The van der Waals surface area contributed by atoms with Gasteiger partial charge >= 0.3 is 0 Å². The van der Waals surface area contributed by atoms with Crippen molar-refractivity contribution in [1.82, 2.24) is 5.32 Å². The molecule has 3 N–H and O–H groups in total. The molecule has 118 valence electrons. The number of hydrogen-bond donors (Lipinski definition) is 2. The zero-order valence-corrected chi connectivity index (χ0v) is 13.6. The third-order valence-electron chi connectivity index (χ3n) is 3.98. The van der Waals surface area contributed by atoms with Gasteiger partial charge in [0.15, 0.2) is 0 Å². The minimum Gasteiger partial charge on any atom is -0.371 e. The van der Waals surface area contributed by atoms with Crippen molar-refractivity contribution in [3.05, 3.63) is 30.3 Å². The van der Waals surface area contributed by atoms with E-state index in [1.54, 1.807) is 0 Å². The maximum Gasteiger partial charge on any atom is 0.237 e. The molecule has 4 nitrogen and oxygen atoms in total. The van der Waals surface area contributed by atoms with E-state index in [1.165, 1.54) is 5.69 Å². The fourth-order valence-electron chi connectivity index (χ4n) is 2.52. The van der Waals surface area contributed by atoms with E-state index in [2.05, 4.69) is 34.5 Å². The number of amides is 1. The number of hydrogen-bond acceptors (Lipinski definition) is 3. The van der Waals surface area contributed by atoms with Crippen LogP contribution in [0, 0.1) is 5.92 Å².